The molecule has 0 aliphatic carbocycles. The number of fused-ring (bicyclic) bond motifs is 1. The topological polar surface area (TPSA) is 103 Å². The third kappa shape index (κ3) is 2.59. The molecule has 0 spiro atoms. The van der Waals surface area contributed by atoms with E-state index in [4.69, 9.17) is 10.8 Å². The van der Waals surface area contributed by atoms with Crippen LogP contribution in [0.4, 0.5) is 0 Å². The smallest absolute Gasteiger partial charge is 0.320 e. The van der Waals surface area contributed by atoms with Crippen LogP contribution in [0.15, 0.2) is 41.6 Å². The summed E-state index contributed by atoms with van der Waals surface area (Å²) in [7, 11) is 1.70. The number of rotatable bonds is 4. The Bertz CT molecular complexity index is 987. The second-order valence-electron chi connectivity index (χ2n) is 5.80. The molecule has 0 amide bonds. The number of aliphatic carboxylic acids is 1. The molecule has 0 saturated carbocycles. The first-order valence-electron chi connectivity index (χ1n) is 7.50. The van der Waals surface area contributed by atoms with E-state index in [1.165, 1.54) is 4.57 Å². The minimum absolute atomic E-state index is 0.102. The van der Waals surface area contributed by atoms with Gasteiger partial charge in [-0.15, -0.1) is 0 Å². The van der Waals surface area contributed by atoms with E-state index in [9.17, 15) is 9.59 Å². The number of nitrogens with two attached hydrogens (primary N) is 1. The van der Waals surface area contributed by atoms with Crippen LogP contribution in [0, 0.1) is 6.92 Å². The van der Waals surface area contributed by atoms with E-state index in [-0.39, 0.29) is 12.0 Å². The lowest BCUT2D eigenvalue weighted by atomic mass is 10.0. The van der Waals surface area contributed by atoms with Gasteiger partial charge in [0.25, 0.3) is 5.56 Å². The molecule has 1 atom stereocenters. The lowest BCUT2D eigenvalue weighted by Crippen LogP contribution is -2.32. The van der Waals surface area contributed by atoms with Crippen molar-refractivity contribution in [2.75, 3.05) is 0 Å². The molecule has 7 nitrogen and oxygen atoms in total. The SMILES string of the molecule is Cc1ccn(C)c(=O)c1-c1ccc(C[C@H](N)C(=O)O)n2ccnc12. The molecule has 0 aliphatic rings. The van der Waals surface area contributed by atoms with Gasteiger partial charge in [-0.2, -0.15) is 0 Å². The number of hydrogen-bond acceptors (Lipinski definition) is 4. The number of pyridine rings is 2. The highest BCUT2D eigenvalue weighted by Gasteiger charge is 2.18. The quantitative estimate of drug-likeness (QED) is 0.743. The molecule has 0 fully saturated rings. The number of carboxylic acids is 1. The van der Waals surface area contributed by atoms with Crippen molar-refractivity contribution in [3.8, 4) is 11.1 Å². The normalized spacial score (nSPS) is 12.5. The van der Waals surface area contributed by atoms with Crippen LogP contribution in [0.1, 0.15) is 11.3 Å². The Labute approximate surface area is 138 Å². The van der Waals surface area contributed by atoms with Crippen molar-refractivity contribution in [2.45, 2.75) is 19.4 Å². The second-order valence-corrected chi connectivity index (χ2v) is 5.80. The molecule has 24 heavy (non-hydrogen) atoms. The van der Waals surface area contributed by atoms with Gasteiger partial charge in [0.15, 0.2) is 0 Å². The lowest BCUT2D eigenvalue weighted by Gasteiger charge is -2.13. The Morgan fingerprint density at radius 2 is 2.08 bits per heavy atom. The molecule has 0 saturated heterocycles. The van der Waals surface area contributed by atoms with Gasteiger partial charge in [0.1, 0.15) is 11.7 Å². The van der Waals surface area contributed by atoms with Crippen LogP contribution < -0.4 is 11.3 Å². The van der Waals surface area contributed by atoms with Crippen molar-refractivity contribution in [1.82, 2.24) is 14.0 Å². The highest BCUT2D eigenvalue weighted by atomic mass is 16.4. The zero-order valence-corrected chi connectivity index (χ0v) is 13.4. The van der Waals surface area contributed by atoms with Crippen LogP contribution in [-0.2, 0) is 18.3 Å². The van der Waals surface area contributed by atoms with Crippen LogP contribution >= 0.6 is 0 Å². The average Bonchev–Trinajstić information content (AvgIpc) is 3.03. The average molecular weight is 326 g/mol. The summed E-state index contributed by atoms with van der Waals surface area (Å²) >= 11 is 0. The molecule has 3 aromatic heterocycles. The third-order valence-electron chi connectivity index (χ3n) is 4.13. The van der Waals surface area contributed by atoms with Gasteiger partial charge in [-0.25, -0.2) is 4.98 Å². The maximum atomic E-state index is 12.5. The Kier molecular flexibility index (Phi) is 3.94. The summed E-state index contributed by atoms with van der Waals surface area (Å²) in [6.07, 6.45) is 5.27. The molecule has 3 aromatic rings. The van der Waals surface area contributed by atoms with Gasteiger partial charge in [-0.05, 0) is 30.7 Å². The summed E-state index contributed by atoms with van der Waals surface area (Å²) < 4.78 is 3.31. The molecule has 7 heteroatoms. The maximum absolute atomic E-state index is 12.5. The van der Waals surface area contributed by atoms with E-state index >= 15 is 0 Å². The van der Waals surface area contributed by atoms with Crippen molar-refractivity contribution in [3.05, 3.63) is 58.4 Å². The number of carboxylic acid groups (broad SMARTS) is 1. The standard InChI is InChI=1S/C17H18N4O3/c1-10-5-7-20(2)16(22)14(10)12-4-3-11(9-13(18)17(23)24)21-8-6-19-15(12)21/h3-8,13H,9,18H2,1-2H3,(H,23,24)/t13-/m0/s1. The fourth-order valence-corrected chi connectivity index (χ4v) is 2.79. The van der Waals surface area contributed by atoms with E-state index in [0.29, 0.717) is 16.8 Å². The lowest BCUT2D eigenvalue weighted by molar-refractivity contribution is -0.138. The van der Waals surface area contributed by atoms with Crippen molar-refractivity contribution >= 4 is 11.6 Å². The van der Waals surface area contributed by atoms with Crippen LogP contribution in [-0.4, -0.2) is 31.1 Å². The van der Waals surface area contributed by atoms with Gasteiger partial charge in [0, 0.05) is 43.3 Å². The van der Waals surface area contributed by atoms with Gasteiger partial charge in [-0.1, -0.05) is 0 Å². The van der Waals surface area contributed by atoms with Crippen LogP contribution in [0.25, 0.3) is 16.8 Å². The first-order chi connectivity index (χ1) is 11.4. The Balaban J connectivity index is 2.20. The minimum atomic E-state index is -1.06. The van der Waals surface area contributed by atoms with Crippen LogP contribution in [0.3, 0.4) is 0 Å². The summed E-state index contributed by atoms with van der Waals surface area (Å²) in [5.74, 6) is -1.06. The van der Waals surface area contributed by atoms with Crippen molar-refractivity contribution in [3.63, 3.8) is 0 Å². The fourth-order valence-electron chi connectivity index (χ4n) is 2.79. The maximum Gasteiger partial charge on any atom is 0.320 e. The Morgan fingerprint density at radius 1 is 1.33 bits per heavy atom. The molecule has 3 N–H and O–H groups in total. The molecular weight excluding hydrogens is 308 g/mol. The molecule has 0 aromatic carbocycles. The molecule has 0 aliphatic heterocycles. The van der Waals surface area contributed by atoms with E-state index in [2.05, 4.69) is 4.98 Å². The van der Waals surface area contributed by atoms with Crippen molar-refractivity contribution in [2.24, 2.45) is 12.8 Å². The van der Waals surface area contributed by atoms with Crippen molar-refractivity contribution in [1.29, 1.82) is 0 Å². The van der Waals surface area contributed by atoms with E-state index in [1.54, 1.807) is 42.2 Å². The van der Waals surface area contributed by atoms with E-state index < -0.39 is 12.0 Å². The summed E-state index contributed by atoms with van der Waals surface area (Å²) in [6.45, 7) is 1.88. The molecular formula is C17H18N4O3. The van der Waals surface area contributed by atoms with Gasteiger partial charge < -0.3 is 19.8 Å². The van der Waals surface area contributed by atoms with Gasteiger partial charge in [0.05, 0.1) is 5.56 Å². The number of aromatic nitrogens is 3. The third-order valence-corrected chi connectivity index (χ3v) is 4.13. The zero-order chi connectivity index (χ0) is 17.4. The molecule has 124 valence electrons. The van der Waals surface area contributed by atoms with Crippen molar-refractivity contribution < 1.29 is 9.90 Å². The summed E-state index contributed by atoms with van der Waals surface area (Å²) in [4.78, 5) is 27.9. The minimum Gasteiger partial charge on any atom is -0.480 e. The van der Waals surface area contributed by atoms with E-state index in [1.807, 2.05) is 13.0 Å². The predicted octanol–water partition coefficient (Wildman–Crippen LogP) is 0.963. The first kappa shape index (κ1) is 15.9. The monoisotopic (exact) mass is 326 g/mol. The summed E-state index contributed by atoms with van der Waals surface area (Å²) in [5.41, 5.74) is 9.03. The number of hydrogen-bond donors (Lipinski definition) is 2. The molecule has 0 bridgehead atoms. The Hall–Kier alpha value is -2.93. The zero-order valence-electron chi connectivity index (χ0n) is 13.4. The fraction of sp³-hybridized carbons (Fsp3) is 0.235. The highest BCUT2D eigenvalue weighted by Crippen LogP contribution is 2.25. The number of carbonyl (C=O) groups is 1. The number of aryl methyl sites for hydroxylation is 2. The molecule has 3 rings (SSSR count). The second kappa shape index (κ2) is 5.93. The van der Waals surface area contributed by atoms with Gasteiger partial charge in [0.2, 0.25) is 0 Å². The molecule has 0 radical (unpaired) electrons. The predicted molar refractivity (Wildman–Crippen MR) is 89.9 cm³/mol. The van der Waals surface area contributed by atoms with Crippen LogP contribution in [0.5, 0.6) is 0 Å². The largest absolute Gasteiger partial charge is 0.480 e. The highest BCUT2D eigenvalue weighted by molar-refractivity contribution is 5.79. The van der Waals surface area contributed by atoms with Gasteiger partial charge in [-0.3, -0.25) is 9.59 Å². The molecule has 3 heterocycles. The Morgan fingerprint density at radius 3 is 2.79 bits per heavy atom. The van der Waals surface area contributed by atoms with E-state index in [0.717, 1.165) is 11.3 Å². The molecule has 0 unspecified atom stereocenters. The number of imidazole rings is 1. The number of nitrogens with zero attached hydrogens (tertiary/aromatic N) is 3. The van der Waals surface area contributed by atoms with Gasteiger partial charge >= 0.3 is 5.97 Å². The first-order valence-corrected chi connectivity index (χ1v) is 7.50. The summed E-state index contributed by atoms with van der Waals surface area (Å²) in [6, 6.07) is 4.48. The summed E-state index contributed by atoms with van der Waals surface area (Å²) in [5, 5.41) is 9.01. The van der Waals surface area contributed by atoms with Crippen LogP contribution in [0.2, 0.25) is 0 Å².